The third-order valence-electron chi connectivity index (χ3n) is 4.35. The van der Waals surface area contributed by atoms with Crippen molar-refractivity contribution in [2.24, 2.45) is 10.9 Å². The standard InChI is InChI=1S/C21H34N4O2/c1-6-22-21(23-11-15(2)3)24-12-18-7-9-19(10-8-18)20(26)25-13-16(4)27-17(5)14-25/h7-10,15-17H,6,11-14H2,1-5H3,(H2,22,23,24). The predicted octanol–water partition coefficient (Wildman–Crippen LogP) is 2.65. The molecule has 2 N–H and O–H groups in total. The number of benzene rings is 1. The van der Waals surface area contributed by atoms with E-state index >= 15 is 0 Å². The molecule has 1 saturated heterocycles. The Morgan fingerprint density at radius 1 is 1.19 bits per heavy atom. The van der Waals surface area contributed by atoms with Gasteiger partial charge in [0.2, 0.25) is 0 Å². The Kier molecular flexibility index (Phi) is 8.10. The van der Waals surface area contributed by atoms with Gasteiger partial charge >= 0.3 is 0 Å². The van der Waals surface area contributed by atoms with Gasteiger partial charge < -0.3 is 20.3 Å². The maximum absolute atomic E-state index is 12.7. The van der Waals surface area contributed by atoms with Crippen LogP contribution in [0.5, 0.6) is 0 Å². The topological polar surface area (TPSA) is 66.0 Å². The largest absolute Gasteiger partial charge is 0.372 e. The molecule has 2 unspecified atom stereocenters. The molecule has 1 aliphatic rings. The smallest absolute Gasteiger partial charge is 0.254 e. The zero-order valence-corrected chi connectivity index (χ0v) is 17.3. The minimum absolute atomic E-state index is 0.0685. The number of hydrogen-bond donors (Lipinski definition) is 2. The number of ether oxygens (including phenoxy) is 1. The van der Waals surface area contributed by atoms with Crippen LogP contribution < -0.4 is 10.6 Å². The minimum Gasteiger partial charge on any atom is -0.372 e. The van der Waals surface area contributed by atoms with Crippen LogP contribution in [-0.4, -0.2) is 55.2 Å². The van der Waals surface area contributed by atoms with E-state index in [-0.39, 0.29) is 18.1 Å². The van der Waals surface area contributed by atoms with Crippen molar-refractivity contribution in [3.05, 3.63) is 35.4 Å². The van der Waals surface area contributed by atoms with Crippen LogP contribution >= 0.6 is 0 Å². The van der Waals surface area contributed by atoms with Crippen molar-refractivity contribution in [1.82, 2.24) is 15.5 Å². The molecule has 1 heterocycles. The third kappa shape index (κ3) is 6.86. The van der Waals surface area contributed by atoms with Crippen LogP contribution in [0.1, 0.15) is 50.5 Å². The summed E-state index contributed by atoms with van der Waals surface area (Å²) in [6, 6.07) is 7.75. The first-order chi connectivity index (χ1) is 12.9. The van der Waals surface area contributed by atoms with Gasteiger partial charge in [0, 0.05) is 31.7 Å². The number of hydrogen-bond acceptors (Lipinski definition) is 3. The highest BCUT2D eigenvalue weighted by molar-refractivity contribution is 5.94. The Balaban J connectivity index is 1.97. The Morgan fingerprint density at radius 2 is 1.81 bits per heavy atom. The Hall–Kier alpha value is -2.08. The van der Waals surface area contributed by atoms with Crippen molar-refractivity contribution in [2.75, 3.05) is 26.2 Å². The van der Waals surface area contributed by atoms with E-state index in [9.17, 15) is 4.79 Å². The van der Waals surface area contributed by atoms with Crippen molar-refractivity contribution in [3.63, 3.8) is 0 Å². The molecule has 2 rings (SSSR count). The van der Waals surface area contributed by atoms with E-state index in [4.69, 9.17) is 4.74 Å². The normalized spacial score (nSPS) is 20.7. The van der Waals surface area contributed by atoms with Crippen molar-refractivity contribution in [2.45, 2.75) is 53.4 Å². The molecule has 1 aromatic carbocycles. The summed E-state index contributed by atoms with van der Waals surface area (Å²) in [7, 11) is 0. The molecule has 1 aliphatic heterocycles. The van der Waals surface area contributed by atoms with Crippen molar-refractivity contribution < 1.29 is 9.53 Å². The molecule has 6 heteroatoms. The van der Waals surface area contributed by atoms with Gasteiger partial charge in [0.25, 0.3) is 5.91 Å². The van der Waals surface area contributed by atoms with E-state index in [0.29, 0.717) is 31.1 Å². The highest BCUT2D eigenvalue weighted by Gasteiger charge is 2.26. The Labute approximate surface area is 163 Å². The molecule has 1 amide bonds. The number of aliphatic imine (C=N–C) groups is 1. The fourth-order valence-electron chi connectivity index (χ4n) is 3.09. The third-order valence-corrected chi connectivity index (χ3v) is 4.35. The molecular weight excluding hydrogens is 340 g/mol. The van der Waals surface area contributed by atoms with Gasteiger partial charge in [0.05, 0.1) is 18.8 Å². The molecule has 2 atom stereocenters. The maximum Gasteiger partial charge on any atom is 0.254 e. The van der Waals surface area contributed by atoms with Crippen LogP contribution in [0.4, 0.5) is 0 Å². The molecule has 1 aromatic rings. The number of nitrogens with zero attached hydrogens (tertiary/aromatic N) is 2. The number of amides is 1. The fourth-order valence-corrected chi connectivity index (χ4v) is 3.09. The summed E-state index contributed by atoms with van der Waals surface area (Å²) in [6.45, 7) is 14.0. The van der Waals surface area contributed by atoms with Gasteiger partial charge in [-0.2, -0.15) is 0 Å². The first kappa shape index (κ1) is 21.2. The number of morpholine rings is 1. The first-order valence-corrected chi connectivity index (χ1v) is 9.94. The molecule has 27 heavy (non-hydrogen) atoms. The molecule has 0 spiro atoms. The first-order valence-electron chi connectivity index (χ1n) is 9.94. The number of rotatable bonds is 6. The lowest BCUT2D eigenvalue weighted by atomic mass is 10.1. The summed E-state index contributed by atoms with van der Waals surface area (Å²) in [5.41, 5.74) is 1.80. The number of nitrogens with one attached hydrogen (secondary N) is 2. The Morgan fingerprint density at radius 3 is 2.37 bits per heavy atom. The second-order valence-corrected chi connectivity index (χ2v) is 7.63. The predicted molar refractivity (Wildman–Crippen MR) is 110 cm³/mol. The van der Waals surface area contributed by atoms with E-state index in [2.05, 4.69) is 36.4 Å². The average molecular weight is 375 g/mol. The van der Waals surface area contributed by atoms with E-state index in [1.807, 2.05) is 43.0 Å². The Bertz CT molecular complexity index is 618. The van der Waals surface area contributed by atoms with E-state index in [0.717, 1.165) is 24.6 Å². The monoisotopic (exact) mass is 374 g/mol. The zero-order valence-electron chi connectivity index (χ0n) is 17.3. The second-order valence-electron chi connectivity index (χ2n) is 7.63. The van der Waals surface area contributed by atoms with Gasteiger partial charge in [-0.3, -0.25) is 4.79 Å². The summed E-state index contributed by atoms with van der Waals surface area (Å²) in [5, 5.41) is 6.59. The van der Waals surface area contributed by atoms with Gasteiger partial charge in [0.1, 0.15) is 0 Å². The summed E-state index contributed by atoms with van der Waals surface area (Å²) in [5.74, 6) is 1.45. The number of guanidine groups is 1. The van der Waals surface area contributed by atoms with Gasteiger partial charge in [-0.25, -0.2) is 4.99 Å². The van der Waals surface area contributed by atoms with Gasteiger partial charge in [-0.15, -0.1) is 0 Å². The summed E-state index contributed by atoms with van der Waals surface area (Å²) < 4.78 is 5.71. The highest BCUT2D eigenvalue weighted by Crippen LogP contribution is 2.15. The van der Waals surface area contributed by atoms with Crippen molar-refractivity contribution in [3.8, 4) is 0 Å². The molecule has 0 aromatic heterocycles. The lowest BCUT2D eigenvalue weighted by molar-refractivity contribution is -0.0586. The molecule has 0 bridgehead atoms. The van der Waals surface area contributed by atoms with Crippen LogP contribution in [0.15, 0.2) is 29.3 Å². The average Bonchev–Trinajstić information content (AvgIpc) is 2.63. The van der Waals surface area contributed by atoms with E-state index in [1.54, 1.807) is 0 Å². The summed E-state index contributed by atoms with van der Waals surface area (Å²) >= 11 is 0. The molecule has 0 radical (unpaired) electrons. The fraction of sp³-hybridized carbons (Fsp3) is 0.619. The van der Waals surface area contributed by atoms with E-state index in [1.165, 1.54) is 0 Å². The lowest BCUT2D eigenvalue weighted by Crippen LogP contribution is -2.48. The minimum atomic E-state index is 0.0685. The second kappa shape index (κ2) is 10.3. The van der Waals surface area contributed by atoms with Crippen LogP contribution in [0.2, 0.25) is 0 Å². The molecule has 6 nitrogen and oxygen atoms in total. The van der Waals surface area contributed by atoms with Crippen LogP contribution in [-0.2, 0) is 11.3 Å². The van der Waals surface area contributed by atoms with Crippen LogP contribution in [0.3, 0.4) is 0 Å². The number of carbonyl (C=O) groups is 1. The molecule has 150 valence electrons. The van der Waals surface area contributed by atoms with Gasteiger partial charge in [-0.05, 0) is 44.4 Å². The maximum atomic E-state index is 12.7. The SMILES string of the molecule is CCNC(=NCc1ccc(C(=O)N2CC(C)OC(C)C2)cc1)NCC(C)C. The van der Waals surface area contributed by atoms with Crippen LogP contribution in [0.25, 0.3) is 0 Å². The molecule has 0 aliphatic carbocycles. The van der Waals surface area contributed by atoms with Crippen LogP contribution in [0, 0.1) is 5.92 Å². The molecular formula is C21H34N4O2. The molecule has 1 fully saturated rings. The number of carbonyl (C=O) groups excluding carboxylic acids is 1. The highest BCUT2D eigenvalue weighted by atomic mass is 16.5. The van der Waals surface area contributed by atoms with E-state index < -0.39 is 0 Å². The van der Waals surface area contributed by atoms with Gasteiger partial charge in [0.15, 0.2) is 5.96 Å². The summed E-state index contributed by atoms with van der Waals surface area (Å²) in [6.07, 6.45) is 0.156. The van der Waals surface area contributed by atoms with Crippen molar-refractivity contribution >= 4 is 11.9 Å². The zero-order chi connectivity index (χ0) is 19.8. The summed E-state index contributed by atoms with van der Waals surface area (Å²) in [4.78, 5) is 19.2. The lowest BCUT2D eigenvalue weighted by Gasteiger charge is -2.35. The van der Waals surface area contributed by atoms with Crippen molar-refractivity contribution in [1.29, 1.82) is 0 Å². The quantitative estimate of drug-likeness (QED) is 0.593. The molecule has 0 saturated carbocycles. The van der Waals surface area contributed by atoms with Gasteiger partial charge in [-0.1, -0.05) is 26.0 Å².